The molecule has 0 radical (unpaired) electrons. The van der Waals surface area contributed by atoms with Crippen molar-refractivity contribution in [3.63, 3.8) is 0 Å². The molecule has 0 aliphatic carbocycles. The molecule has 0 saturated carbocycles. The topological polar surface area (TPSA) is 129 Å². The van der Waals surface area contributed by atoms with Gasteiger partial charge in [-0.3, -0.25) is 10.1 Å². The molecule has 32 heavy (non-hydrogen) atoms. The Kier molecular flexibility index (Phi) is 7.45. The standard InChI is InChI=1S/C21H18BrN5O5/c1-3-31-19(16-6-4-5-7-17(16)27(29)30)26-20(28)25-15-8-9-18(13(2)10-15)32-21-23-11-14(22)12-24-21/h4-12H,3H2,1-2H3,(H,25,28)/b26-19-. The number of nitrogens with one attached hydrogen (secondary N) is 1. The SMILES string of the molecule is CCO/C(=N\C(=O)Nc1ccc(Oc2ncc(Br)cn2)c(C)c1)c1ccccc1[N+](=O)[O-]. The zero-order valence-corrected chi connectivity index (χ0v) is 18.7. The number of aromatic nitrogens is 2. The number of amides is 2. The quantitative estimate of drug-likeness (QED) is 0.211. The summed E-state index contributed by atoms with van der Waals surface area (Å²) in [4.78, 5) is 35.2. The van der Waals surface area contributed by atoms with E-state index in [-0.39, 0.29) is 29.8 Å². The molecule has 0 spiro atoms. The number of hydrogen-bond donors (Lipinski definition) is 1. The predicted molar refractivity (Wildman–Crippen MR) is 121 cm³/mol. The molecule has 2 amide bonds. The number of urea groups is 1. The smallest absolute Gasteiger partial charge is 0.348 e. The van der Waals surface area contributed by atoms with Crippen LogP contribution in [0.3, 0.4) is 0 Å². The summed E-state index contributed by atoms with van der Waals surface area (Å²) in [5, 5.41) is 13.9. The number of carbonyl (C=O) groups excluding carboxylic acids is 1. The molecule has 1 N–H and O–H groups in total. The molecule has 0 aliphatic rings. The fourth-order valence-corrected chi connectivity index (χ4v) is 2.86. The Balaban J connectivity index is 1.78. The van der Waals surface area contributed by atoms with E-state index in [1.807, 2.05) is 0 Å². The van der Waals surface area contributed by atoms with Crippen molar-refractivity contribution in [2.45, 2.75) is 13.8 Å². The number of halogens is 1. The monoisotopic (exact) mass is 499 g/mol. The van der Waals surface area contributed by atoms with Crippen molar-refractivity contribution in [3.8, 4) is 11.8 Å². The molecular weight excluding hydrogens is 482 g/mol. The molecule has 1 aromatic heterocycles. The average Bonchev–Trinajstić information content (AvgIpc) is 2.76. The molecule has 0 unspecified atom stereocenters. The normalized spacial score (nSPS) is 11.0. The maximum absolute atomic E-state index is 12.5. The molecule has 3 rings (SSSR count). The van der Waals surface area contributed by atoms with E-state index in [9.17, 15) is 14.9 Å². The molecule has 0 bridgehead atoms. The number of nitro groups is 1. The zero-order valence-electron chi connectivity index (χ0n) is 17.1. The van der Waals surface area contributed by atoms with Crippen molar-refractivity contribution in [2.24, 2.45) is 4.99 Å². The number of carbonyl (C=O) groups is 1. The highest BCUT2D eigenvalue weighted by Crippen LogP contribution is 2.26. The molecule has 164 valence electrons. The highest BCUT2D eigenvalue weighted by atomic mass is 79.9. The number of ether oxygens (including phenoxy) is 2. The van der Waals surface area contributed by atoms with Crippen LogP contribution in [0.5, 0.6) is 11.8 Å². The fraction of sp³-hybridized carbons (Fsp3) is 0.143. The number of aliphatic imine (C=N–C) groups is 1. The minimum Gasteiger partial charge on any atom is -0.477 e. The van der Waals surface area contributed by atoms with Gasteiger partial charge >= 0.3 is 12.0 Å². The van der Waals surface area contributed by atoms with Gasteiger partial charge in [0, 0.05) is 24.1 Å². The minimum absolute atomic E-state index is 0.115. The van der Waals surface area contributed by atoms with Gasteiger partial charge in [0.2, 0.25) is 5.90 Å². The van der Waals surface area contributed by atoms with Gasteiger partial charge in [0.25, 0.3) is 5.69 Å². The summed E-state index contributed by atoms with van der Waals surface area (Å²) >= 11 is 3.26. The van der Waals surface area contributed by atoms with Crippen LogP contribution >= 0.6 is 15.9 Å². The first kappa shape index (κ1) is 22.8. The van der Waals surface area contributed by atoms with Crippen LogP contribution in [-0.4, -0.2) is 33.4 Å². The summed E-state index contributed by atoms with van der Waals surface area (Å²) in [6, 6.07) is 10.3. The molecule has 11 heteroatoms. The van der Waals surface area contributed by atoms with Crippen LogP contribution in [0.2, 0.25) is 0 Å². The van der Waals surface area contributed by atoms with Crippen LogP contribution in [0.1, 0.15) is 18.1 Å². The third-order valence-electron chi connectivity index (χ3n) is 4.04. The van der Waals surface area contributed by atoms with Crippen LogP contribution in [0.25, 0.3) is 0 Å². The Morgan fingerprint density at radius 3 is 2.59 bits per heavy atom. The van der Waals surface area contributed by atoms with E-state index in [1.54, 1.807) is 50.5 Å². The number of aryl methyl sites for hydroxylation is 1. The van der Waals surface area contributed by atoms with Gasteiger partial charge in [-0.15, -0.1) is 0 Å². The number of anilines is 1. The molecule has 0 saturated heterocycles. The summed E-state index contributed by atoms with van der Waals surface area (Å²) in [5.41, 5.74) is 1.09. The summed E-state index contributed by atoms with van der Waals surface area (Å²) in [5.74, 6) is 0.380. The highest BCUT2D eigenvalue weighted by molar-refractivity contribution is 9.10. The van der Waals surface area contributed by atoms with Crippen molar-refractivity contribution in [2.75, 3.05) is 11.9 Å². The van der Waals surface area contributed by atoms with Crippen molar-refractivity contribution >= 4 is 39.2 Å². The van der Waals surface area contributed by atoms with E-state index in [0.29, 0.717) is 11.4 Å². The number of hydrogen-bond acceptors (Lipinski definition) is 7. The molecule has 0 aliphatic heterocycles. The average molecular weight is 500 g/mol. The summed E-state index contributed by atoms with van der Waals surface area (Å²) < 4.78 is 11.8. The summed E-state index contributed by atoms with van der Waals surface area (Å²) in [6.45, 7) is 3.67. The fourth-order valence-electron chi connectivity index (χ4n) is 2.66. The highest BCUT2D eigenvalue weighted by Gasteiger charge is 2.20. The second-order valence-corrected chi connectivity index (χ2v) is 7.24. The van der Waals surface area contributed by atoms with Crippen LogP contribution in [-0.2, 0) is 4.74 Å². The van der Waals surface area contributed by atoms with Crippen LogP contribution in [0.4, 0.5) is 16.2 Å². The van der Waals surface area contributed by atoms with E-state index in [4.69, 9.17) is 9.47 Å². The third kappa shape index (κ3) is 5.85. The first-order valence-corrected chi connectivity index (χ1v) is 10.2. The van der Waals surface area contributed by atoms with Gasteiger partial charge in [0.05, 0.1) is 16.0 Å². The number of benzene rings is 2. The zero-order chi connectivity index (χ0) is 23.1. The van der Waals surface area contributed by atoms with Gasteiger partial charge < -0.3 is 14.8 Å². The molecule has 2 aromatic carbocycles. The molecule has 1 heterocycles. The summed E-state index contributed by atoms with van der Waals surface area (Å²) in [6.07, 6.45) is 3.13. The van der Waals surface area contributed by atoms with Crippen molar-refractivity contribution < 1.29 is 19.2 Å². The van der Waals surface area contributed by atoms with Gasteiger partial charge in [-0.1, -0.05) is 12.1 Å². The number of para-hydroxylation sites is 1. The van der Waals surface area contributed by atoms with Crippen molar-refractivity contribution in [1.82, 2.24) is 9.97 Å². The third-order valence-corrected chi connectivity index (χ3v) is 4.45. The van der Waals surface area contributed by atoms with Crippen molar-refractivity contribution in [1.29, 1.82) is 0 Å². The Morgan fingerprint density at radius 1 is 1.22 bits per heavy atom. The number of rotatable bonds is 6. The molecule has 0 atom stereocenters. The molecular formula is C21H18BrN5O5. The summed E-state index contributed by atoms with van der Waals surface area (Å²) in [7, 11) is 0. The van der Waals surface area contributed by atoms with E-state index < -0.39 is 11.0 Å². The number of nitro benzene ring substituents is 1. The second-order valence-electron chi connectivity index (χ2n) is 6.32. The molecule has 3 aromatic rings. The molecule has 0 fully saturated rings. The lowest BCUT2D eigenvalue weighted by Crippen LogP contribution is -2.15. The van der Waals surface area contributed by atoms with Gasteiger partial charge in [-0.2, -0.15) is 4.99 Å². The van der Waals surface area contributed by atoms with E-state index in [0.717, 1.165) is 10.0 Å². The van der Waals surface area contributed by atoms with E-state index >= 15 is 0 Å². The first-order valence-electron chi connectivity index (χ1n) is 9.39. The Bertz CT molecular complexity index is 1170. The maximum atomic E-state index is 12.5. The Labute approximate surface area is 191 Å². The lowest BCUT2D eigenvalue weighted by molar-refractivity contribution is -0.385. The maximum Gasteiger partial charge on any atom is 0.348 e. The van der Waals surface area contributed by atoms with Crippen LogP contribution < -0.4 is 10.1 Å². The number of nitrogens with zero attached hydrogens (tertiary/aromatic N) is 4. The first-order chi connectivity index (χ1) is 15.4. The van der Waals surface area contributed by atoms with Gasteiger partial charge in [-0.25, -0.2) is 14.8 Å². The van der Waals surface area contributed by atoms with E-state index in [2.05, 4.69) is 36.2 Å². The second kappa shape index (κ2) is 10.4. The van der Waals surface area contributed by atoms with Gasteiger partial charge in [0.15, 0.2) is 0 Å². The Morgan fingerprint density at radius 2 is 1.94 bits per heavy atom. The molecule has 10 nitrogen and oxygen atoms in total. The lowest BCUT2D eigenvalue weighted by Gasteiger charge is -2.10. The van der Waals surface area contributed by atoms with Gasteiger partial charge in [-0.05, 0) is 59.6 Å². The Hall–Kier alpha value is -3.86. The van der Waals surface area contributed by atoms with Crippen LogP contribution in [0, 0.1) is 17.0 Å². The van der Waals surface area contributed by atoms with Gasteiger partial charge in [0.1, 0.15) is 11.3 Å². The van der Waals surface area contributed by atoms with E-state index in [1.165, 1.54) is 18.2 Å². The largest absolute Gasteiger partial charge is 0.477 e. The predicted octanol–water partition coefficient (Wildman–Crippen LogP) is 5.26. The van der Waals surface area contributed by atoms with Crippen molar-refractivity contribution in [3.05, 3.63) is 80.6 Å². The van der Waals surface area contributed by atoms with Crippen LogP contribution in [0.15, 0.2) is 64.3 Å². The lowest BCUT2D eigenvalue weighted by atomic mass is 10.2. The minimum atomic E-state index is -0.740.